The summed E-state index contributed by atoms with van der Waals surface area (Å²) in [5, 5.41) is 7.44. The van der Waals surface area contributed by atoms with Gasteiger partial charge in [0.15, 0.2) is 5.82 Å². The van der Waals surface area contributed by atoms with E-state index in [0.29, 0.717) is 12.4 Å². The Labute approximate surface area is 110 Å². The molecule has 0 spiro atoms. The van der Waals surface area contributed by atoms with Crippen molar-refractivity contribution in [2.24, 2.45) is 0 Å². The van der Waals surface area contributed by atoms with Crippen molar-refractivity contribution in [3.63, 3.8) is 0 Å². The highest BCUT2D eigenvalue weighted by molar-refractivity contribution is 5.66. The molecule has 3 aromatic heterocycles. The number of nitrogens with one attached hydrogen (secondary N) is 1. The van der Waals surface area contributed by atoms with Crippen LogP contribution < -0.4 is 10.1 Å². The molecule has 0 amide bonds. The maximum absolute atomic E-state index is 5.02. The first-order chi connectivity index (χ1) is 9.36. The summed E-state index contributed by atoms with van der Waals surface area (Å²) < 4.78 is 6.80. The van der Waals surface area contributed by atoms with Crippen LogP contribution in [0.5, 0.6) is 5.88 Å². The first kappa shape index (κ1) is 11.5. The van der Waals surface area contributed by atoms with Crippen molar-refractivity contribution in [3.05, 3.63) is 48.5 Å². The average molecular weight is 255 g/mol. The second-order valence-electron chi connectivity index (χ2n) is 4.00. The summed E-state index contributed by atoms with van der Waals surface area (Å²) in [5.41, 5.74) is 2.01. The van der Waals surface area contributed by atoms with Crippen LogP contribution in [0.3, 0.4) is 0 Å². The minimum absolute atomic E-state index is 0.611. The molecule has 0 atom stereocenters. The third kappa shape index (κ3) is 2.33. The van der Waals surface area contributed by atoms with Crippen LogP contribution in [0.4, 0.5) is 5.82 Å². The zero-order valence-corrected chi connectivity index (χ0v) is 10.4. The van der Waals surface area contributed by atoms with Crippen LogP contribution in [-0.2, 0) is 6.54 Å². The number of pyridine rings is 1. The number of hydrogen-bond acceptors (Lipinski definition) is 5. The third-order valence-corrected chi connectivity index (χ3v) is 2.79. The highest BCUT2D eigenvalue weighted by Gasteiger charge is 2.03. The van der Waals surface area contributed by atoms with E-state index in [0.717, 1.165) is 16.9 Å². The largest absolute Gasteiger partial charge is 0.481 e. The fraction of sp³-hybridized carbons (Fsp3) is 0.154. The fourth-order valence-corrected chi connectivity index (χ4v) is 1.82. The summed E-state index contributed by atoms with van der Waals surface area (Å²) in [6.45, 7) is 0.648. The molecule has 3 rings (SSSR count). The van der Waals surface area contributed by atoms with Crippen LogP contribution in [0, 0.1) is 0 Å². The van der Waals surface area contributed by atoms with Gasteiger partial charge >= 0.3 is 0 Å². The zero-order chi connectivity index (χ0) is 13.1. The molecule has 0 bridgehead atoms. The van der Waals surface area contributed by atoms with E-state index in [-0.39, 0.29) is 0 Å². The second kappa shape index (κ2) is 4.93. The molecule has 0 saturated heterocycles. The lowest BCUT2D eigenvalue weighted by atomic mass is 10.3. The van der Waals surface area contributed by atoms with Gasteiger partial charge in [-0.15, -0.1) is 0 Å². The van der Waals surface area contributed by atoms with Gasteiger partial charge in [0.2, 0.25) is 5.88 Å². The Kier molecular flexibility index (Phi) is 2.97. The Balaban J connectivity index is 1.76. The second-order valence-corrected chi connectivity index (χ2v) is 4.00. The maximum Gasteiger partial charge on any atom is 0.212 e. The quantitative estimate of drug-likeness (QED) is 0.769. The smallest absolute Gasteiger partial charge is 0.212 e. The van der Waals surface area contributed by atoms with Crippen LogP contribution in [0.25, 0.3) is 5.52 Å². The van der Waals surface area contributed by atoms with E-state index in [1.807, 2.05) is 24.4 Å². The van der Waals surface area contributed by atoms with Gasteiger partial charge in [0.25, 0.3) is 0 Å². The molecule has 0 fully saturated rings. The van der Waals surface area contributed by atoms with Crippen molar-refractivity contribution in [2.75, 3.05) is 12.4 Å². The summed E-state index contributed by atoms with van der Waals surface area (Å²) in [7, 11) is 1.60. The number of ether oxygens (including phenoxy) is 1. The molecule has 0 radical (unpaired) electrons. The van der Waals surface area contributed by atoms with E-state index in [2.05, 4.69) is 20.4 Å². The summed E-state index contributed by atoms with van der Waals surface area (Å²) in [6, 6.07) is 5.72. The van der Waals surface area contributed by atoms with E-state index in [4.69, 9.17) is 4.74 Å². The molecular weight excluding hydrogens is 242 g/mol. The van der Waals surface area contributed by atoms with Crippen LogP contribution >= 0.6 is 0 Å². The highest BCUT2D eigenvalue weighted by atomic mass is 16.5. The fourth-order valence-electron chi connectivity index (χ4n) is 1.82. The van der Waals surface area contributed by atoms with Gasteiger partial charge in [-0.2, -0.15) is 5.10 Å². The molecular formula is C13H13N5O. The normalized spacial score (nSPS) is 10.6. The van der Waals surface area contributed by atoms with E-state index in [1.54, 1.807) is 30.2 Å². The highest BCUT2D eigenvalue weighted by Crippen LogP contribution is 2.14. The van der Waals surface area contributed by atoms with Crippen molar-refractivity contribution >= 4 is 11.3 Å². The predicted molar refractivity (Wildman–Crippen MR) is 71.1 cm³/mol. The first-order valence-corrected chi connectivity index (χ1v) is 5.88. The standard InChI is InChI=1S/C13H13N5O/c1-19-12-3-2-10(8-15-12)9-16-13-11-4-5-17-18(11)7-6-14-13/h2-8H,9H2,1H3,(H,14,16). The van der Waals surface area contributed by atoms with Crippen molar-refractivity contribution in [2.45, 2.75) is 6.54 Å². The number of hydrogen-bond donors (Lipinski definition) is 1. The minimum Gasteiger partial charge on any atom is -0.481 e. The number of fused-ring (bicyclic) bond motifs is 1. The summed E-state index contributed by atoms with van der Waals surface area (Å²) in [4.78, 5) is 8.47. The Bertz CT molecular complexity index is 677. The van der Waals surface area contributed by atoms with Gasteiger partial charge in [0, 0.05) is 31.2 Å². The predicted octanol–water partition coefficient (Wildman–Crippen LogP) is 1.74. The Hall–Kier alpha value is -2.63. The molecule has 0 aliphatic carbocycles. The topological polar surface area (TPSA) is 64.3 Å². The molecule has 1 N–H and O–H groups in total. The molecule has 3 heterocycles. The SMILES string of the molecule is COc1ccc(CNc2nccn3nccc23)cn1. The molecule has 3 aromatic rings. The Morgan fingerprint density at radius 1 is 1.21 bits per heavy atom. The molecule has 19 heavy (non-hydrogen) atoms. The van der Waals surface area contributed by atoms with Crippen LogP contribution in [0.2, 0.25) is 0 Å². The van der Waals surface area contributed by atoms with E-state index in [1.165, 1.54) is 0 Å². The van der Waals surface area contributed by atoms with Crippen LogP contribution in [0.1, 0.15) is 5.56 Å². The number of nitrogens with zero attached hydrogens (tertiary/aromatic N) is 4. The number of aromatic nitrogens is 4. The van der Waals surface area contributed by atoms with Crippen LogP contribution in [-0.4, -0.2) is 26.7 Å². The Morgan fingerprint density at radius 3 is 2.95 bits per heavy atom. The lowest BCUT2D eigenvalue weighted by molar-refractivity contribution is 0.397. The lowest BCUT2D eigenvalue weighted by Gasteiger charge is -2.07. The van der Waals surface area contributed by atoms with Crippen LogP contribution in [0.15, 0.2) is 43.0 Å². The summed E-state index contributed by atoms with van der Waals surface area (Å²) >= 11 is 0. The van der Waals surface area contributed by atoms with Crippen molar-refractivity contribution in [3.8, 4) is 5.88 Å². The molecule has 0 aliphatic rings. The lowest BCUT2D eigenvalue weighted by Crippen LogP contribution is -2.03. The van der Waals surface area contributed by atoms with Gasteiger partial charge in [0.1, 0.15) is 5.52 Å². The molecule has 6 nitrogen and oxygen atoms in total. The average Bonchev–Trinajstić information content (AvgIpc) is 2.94. The van der Waals surface area contributed by atoms with Gasteiger partial charge in [-0.1, -0.05) is 6.07 Å². The number of anilines is 1. The monoisotopic (exact) mass is 255 g/mol. The molecule has 0 saturated carbocycles. The molecule has 0 unspecified atom stereocenters. The van der Waals surface area contributed by atoms with E-state index < -0.39 is 0 Å². The van der Waals surface area contributed by atoms with Gasteiger partial charge < -0.3 is 10.1 Å². The van der Waals surface area contributed by atoms with Gasteiger partial charge in [-0.05, 0) is 11.6 Å². The van der Waals surface area contributed by atoms with Gasteiger partial charge in [-0.25, -0.2) is 14.5 Å². The zero-order valence-electron chi connectivity index (χ0n) is 10.4. The van der Waals surface area contributed by atoms with Crippen molar-refractivity contribution in [1.82, 2.24) is 19.6 Å². The maximum atomic E-state index is 5.02. The Morgan fingerprint density at radius 2 is 2.16 bits per heavy atom. The molecule has 0 aliphatic heterocycles. The molecule has 6 heteroatoms. The minimum atomic E-state index is 0.611. The van der Waals surface area contributed by atoms with E-state index >= 15 is 0 Å². The van der Waals surface area contributed by atoms with Crippen molar-refractivity contribution in [1.29, 1.82) is 0 Å². The summed E-state index contributed by atoms with van der Waals surface area (Å²) in [5.74, 6) is 1.41. The number of methoxy groups -OCH3 is 1. The third-order valence-electron chi connectivity index (χ3n) is 2.79. The van der Waals surface area contributed by atoms with E-state index in [9.17, 15) is 0 Å². The summed E-state index contributed by atoms with van der Waals surface area (Å²) in [6.07, 6.45) is 7.06. The van der Waals surface area contributed by atoms with Crippen molar-refractivity contribution < 1.29 is 4.74 Å². The number of rotatable bonds is 4. The van der Waals surface area contributed by atoms with Gasteiger partial charge in [0.05, 0.1) is 13.3 Å². The van der Waals surface area contributed by atoms with Gasteiger partial charge in [-0.3, -0.25) is 0 Å². The first-order valence-electron chi connectivity index (χ1n) is 5.88. The molecule has 0 aromatic carbocycles. The molecule has 96 valence electrons.